The first-order chi connectivity index (χ1) is 8.65. The molecule has 3 N–H and O–H groups in total. The number of aromatic nitrogens is 2. The topological polar surface area (TPSA) is 82.2 Å². The van der Waals surface area contributed by atoms with Gasteiger partial charge in [-0.3, -0.25) is 10.6 Å². The van der Waals surface area contributed by atoms with Crippen molar-refractivity contribution in [3.8, 4) is 11.4 Å². The molecule has 18 heavy (non-hydrogen) atoms. The fraction of sp³-hybridized carbons (Fsp3) is 0.0909. The predicted molar refractivity (Wildman–Crippen MR) is 69.2 cm³/mol. The van der Waals surface area contributed by atoms with Crippen molar-refractivity contribution in [3.63, 3.8) is 0 Å². The molecule has 0 aliphatic heterocycles. The van der Waals surface area contributed by atoms with Crippen LogP contribution in [-0.4, -0.2) is 16.9 Å². The fourth-order valence-corrected chi connectivity index (χ4v) is 1.65. The van der Waals surface area contributed by atoms with Crippen LogP contribution in [0.3, 0.4) is 0 Å². The fourth-order valence-electron chi connectivity index (χ4n) is 1.47. The summed E-state index contributed by atoms with van der Waals surface area (Å²) in [5.41, 5.74) is 2.65. The number of nitrogen functional groups attached to an aromatic ring is 1. The Morgan fingerprint density at radius 2 is 2.06 bits per heavy atom. The maximum absolute atomic E-state index is 12.0. The van der Waals surface area contributed by atoms with E-state index in [1.54, 1.807) is 31.4 Å². The van der Waals surface area contributed by atoms with Crippen molar-refractivity contribution < 1.29 is 4.74 Å². The highest BCUT2D eigenvalue weighted by Gasteiger charge is 2.08. The van der Waals surface area contributed by atoms with Crippen LogP contribution in [0.15, 0.2) is 35.1 Å². The molecular formula is C11H11ClN4O2. The standard InChI is InChI=1S/C11H11ClN4O2/c1-18-8-4-2-7(3-5-8)16-11(17)9(14-13)6-10(12)15-16/h2-6,14H,13H2,1H3. The van der Waals surface area contributed by atoms with Gasteiger partial charge in [-0.2, -0.15) is 9.78 Å². The molecule has 1 heterocycles. The third-order valence-corrected chi connectivity index (χ3v) is 2.54. The molecule has 0 unspecified atom stereocenters. The molecule has 2 rings (SSSR count). The number of nitrogens with two attached hydrogens (primary N) is 1. The Balaban J connectivity index is 2.55. The van der Waals surface area contributed by atoms with E-state index in [0.717, 1.165) is 4.68 Å². The van der Waals surface area contributed by atoms with E-state index in [4.69, 9.17) is 22.2 Å². The van der Waals surface area contributed by atoms with Crippen LogP contribution in [0.5, 0.6) is 5.75 Å². The van der Waals surface area contributed by atoms with Gasteiger partial charge in [-0.05, 0) is 24.3 Å². The number of hydrogen-bond acceptors (Lipinski definition) is 5. The van der Waals surface area contributed by atoms with Crippen LogP contribution < -0.4 is 21.6 Å². The number of ether oxygens (including phenoxy) is 1. The van der Waals surface area contributed by atoms with Gasteiger partial charge >= 0.3 is 0 Å². The lowest BCUT2D eigenvalue weighted by Crippen LogP contribution is -2.26. The summed E-state index contributed by atoms with van der Waals surface area (Å²) in [6.45, 7) is 0. The minimum atomic E-state index is -0.382. The maximum Gasteiger partial charge on any atom is 0.296 e. The van der Waals surface area contributed by atoms with E-state index in [0.29, 0.717) is 11.4 Å². The number of hydrazine groups is 1. The number of benzene rings is 1. The summed E-state index contributed by atoms with van der Waals surface area (Å²) < 4.78 is 6.20. The second-order valence-corrected chi connectivity index (χ2v) is 3.83. The van der Waals surface area contributed by atoms with Crippen molar-refractivity contribution in [2.45, 2.75) is 0 Å². The molecule has 0 radical (unpaired) electrons. The monoisotopic (exact) mass is 266 g/mol. The summed E-state index contributed by atoms with van der Waals surface area (Å²) in [6, 6.07) is 8.21. The van der Waals surface area contributed by atoms with E-state index >= 15 is 0 Å². The molecule has 6 nitrogen and oxygen atoms in total. The number of halogens is 1. The van der Waals surface area contributed by atoms with Crippen molar-refractivity contribution in [2.75, 3.05) is 12.5 Å². The van der Waals surface area contributed by atoms with Gasteiger partial charge in [-0.25, -0.2) is 0 Å². The molecule has 0 atom stereocenters. The van der Waals surface area contributed by atoms with Gasteiger partial charge in [0.05, 0.1) is 12.8 Å². The van der Waals surface area contributed by atoms with Crippen molar-refractivity contribution in [1.29, 1.82) is 0 Å². The van der Waals surface area contributed by atoms with Gasteiger partial charge in [0.15, 0.2) is 5.15 Å². The average molecular weight is 267 g/mol. The molecule has 2 aromatic rings. The molecule has 0 amide bonds. The summed E-state index contributed by atoms with van der Waals surface area (Å²) in [7, 11) is 1.56. The highest BCUT2D eigenvalue weighted by Crippen LogP contribution is 2.15. The molecule has 0 aliphatic carbocycles. The van der Waals surface area contributed by atoms with Crippen LogP contribution in [0.25, 0.3) is 5.69 Å². The van der Waals surface area contributed by atoms with Gasteiger partial charge < -0.3 is 10.2 Å². The lowest BCUT2D eigenvalue weighted by molar-refractivity contribution is 0.414. The van der Waals surface area contributed by atoms with Crippen molar-refractivity contribution in [1.82, 2.24) is 9.78 Å². The van der Waals surface area contributed by atoms with Gasteiger partial charge in [0.1, 0.15) is 11.4 Å². The van der Waals surface area contributed by atoms with Crippen LogP contribution in [0.4, 0.5) is 5.69 Å². The number of nitrogens with zero attached hydrogens (tertiary/aromatic N) is 2. The smallest absolute Gasteiger partial charge is 0.296 e. The number of methoxy groups -OCH3 is 1. The summed E-state index contributed by atoms with van der Waals surface area (Å²) in [4.78, 5) is 12.0. The summed E-state index contributed by atoms with van der Waals surface area (Å²) >= 11 is 5.82. The Kier molecular flexibility index (Phi) is 3.50. The van der Waals surface area contributed by atoms with Crippen molar-refractivity contribution >= 4 is 17.3 Å². The lowest BCUT2D eigenvalue weighted by atomic mass is 10.3. The minimum Gasteiger partial charge on any atom is -0.497 e. The molecule has 0 aliphatic rings. The van der Waals surface area contributed by atoms with Gasteiger partial charge in [-0.1, -0.05) is 11.6 Å². The summed E-state index contributed by atoms with van der Waals surface area (Å²) in [6.07, 6.45) is 0. The molecule has 1 aromatic carbocycles. The Bertz CT molecular complexity index is 609. The zero-order chi connectivity index (χ0) is 13.1. The molecule has 0 fully saturated rings. The molecule has 7 heteroatoms. The molecule has 94 valence electrons. The van der Waals surface area contributed by atoms with Gasteiger partial charge in [0.2, 0.25) is 0 Å². The van der Waals surface area contributed by atoms with Crippen LogP contribution in [0.1, 0.15) is 0 Å². The van der Waals surface area contributed by atoms with E-state index in [-0.39, 0.29) is 16.4 Å². The van der Waals surface area contributed by atoms with Gasteiger partial charge in [0, 0.05) is 6.07 Å². The second kappa shape index (κ2) is 5.07. The van der Waals surface area contributed by atoms with Gasteiger partial charge in [-0.15, -0.1) is 0 Å². The third-order valence-electron chi connectivity index (χ3n) is 2.35. The third kappa shape index (κ3) is 2.29. The zero-order valence-corrected chi connectivity index (χ0v) is 10.3. The van der Waals surface area contributed by atoms with E-state index in [1.165, 1.54) is 6.07 Å². The Morgan fingerprint density at radius 3 is 2.61 bits per heavy atom. The average Bonchev–Trinajstić information content (AvgIpc) is 2.41. The maximum atomic E-state index is 12.0. The lowest BCUT2D eigenvalue weighted by Gasteiger charge is -2.08. The predicted octanol–water partition coefficient (Wildman–Crippen LogP) is 1.18. The number of nitrogens with one attached hydrogen (secondary N) is 1. The molecule has 1 aromatic heterocycles. The summed E-state index contributed by atoms with van der Waals surface area (Å²) in [5.74, 6) is 5.93. The van der Waals surface area contributed by atoms with Crippen LogP contribution in [-0.2, 0) is 0 Å². The first-order valence-corrected chi connectivity index (χ1v) is 5.44. The van der Waals surface area contributed by atoms with Crippen LogP contribution in [0, 0.1) is 0 Å². The Labute approximate surface area is 108 Å². The number of rotatable bonds is 3. The minimum absolute atomic E-state index is 0.165. The van der Waals surface area contributed by atoms with E-state index in [2.05, 4.69) is 10.5 Å². The number of anilines is 1. The number of hydrogen-bond donors (Lipinski definition) is 2. The molecule has 0 spiro atoms. The van der Waals surface area contributed by atoms with Gasteiger partial charge in [0.25, 0.3) is 5.56 Å². The quantitative estimate of drug-likeness (QED) is 0.644. The first kappa shape index (κ1) is 12.4. The summed E-state index contributed by atoms with van der Waals surface area (Å²) in [5, 5.41) is 4.11. The first-order valence-electron chi connectivity index (χ1n) is 5.06. The van der Waals surface area contributed by atoms with E-state index < -0.39 is 0 Å². The zero-order valence-electron chi connectivity index (χ0n) is 9.55. The van der Waals surface area contributed by atoms with E-state index in [1.807, 2.05) is 0 Å². The normalized spacial score (nSPS) is 10.2. The molecule has 0 saturated heterocycles. The molecule has 0 saturated carbocycles. The second-order valence-electron chi connectivity index (χ2n) is 3.44. The Morgan fingerprint density at radius 1 is 1.39 bits per heavy atom. The van der Waals surface area contributed by atoms with Crippen LogP contribution >= 0.6 is 11.6 Å². The van der Waals surface area contributed by atoms with E-state index in [9.17, 15) is 4.79 Å². The van der Waals surface area contributed by atoms with Crippen molar-refractivity contribution in [3.05, 3.63) is 45.8 Å². The molecular weight excluding hydrogens is 256 g/mol. The highest BCUT2D eigenvalue weighted by atomic mass is 35.5. The SMILES string of the molecule is COc1ccc(-n2nc(Cl)cc(NN)c2=O)cc1. The van der Waals surface area contributed by atoms with Crippen LogP contribution in [0.2, 0.25) is 5.15 Å². The Hall–Kier alpha value is -2.05. The molecule has 0 bridgehead atoms. The largest absolute Gasteiger partial charge is 0.497 e. The van der Waals surface area contributed by atoms with Crippen molar-refractivity contribution in [2.24, 2.45) is 5.84 Å². The highest BCUT2D eigenvalue weighted by molar-refractivity contribution is 6.29.